The molecule has 0 fully saturated rings. The van der Waals surface area contributed by atoms with Crippen LogP contribution in [0.1, 0.15) is 18.2 Å². The van der Waals surface area contributed by atoms with E-state index in [1.807, 2.05) is 24.4 Å². The molecule has 3 nitrogen and oxygen atoms in total. The summed E-state index contributed by atoms with van der Waals surface area (Å²) in [5.74, 6) is -0.00500. The van der Waals surface area contributed by atoms with E-state index in [9.17, 15) is 8.42 Å². The number of sulfonamides is 1. The molecule has 1 aromatic heterocycles. The van der Waals surface area contributed by atoms with Crippen molar-refractivity contribution >= 4 is 21.4 Å². The molecule has 5 heteroatoms. The van der Waals surface area contributed by atoms with Gasteiger partial charge in [-0.25, -0.2) is 13.6 Å². The number of thiophene rings is 1. The third kappa shape index (κ3) is 3.73. The van der Waals surface area contributed by atoms with Crippen LogP contribution in [0.15, 0.2) is 30.2 Å². The molecule has 0 aliphatic heterocycles. The Morgan fingerprint density at radius 3 is 2.75 bits per heavy atom. The largest absolute Gasteiger partial charge is 0.228 e. The summed E-state index contributed by atoms with van der Waals surface area (Å²) in [7, 11) is -3.50. The Morgan fingerprint density at radius 2 is 2.31 bits per heavy atom. The number of hydrogen-bond donors (Lipinski definition) is 1. The van der Waals surface area contributed by atoms with Crippen molar-refractivity contribution < 1.29 is 8.42 Å². The van der Waals surface area contributed by atoms with Gasteiger partial charge in [-0.15, -0.1) is 17.9 Å². The minimum Gasteiger partial charge on any atom is -0.228 e. The van der Waals surface area contributed by atoms with Crippen LogP contribution in [0, 0.1) is 5.92 Å². The van der Waals surface area contributed by atoms with Crippen LogP contribution in [-0.4, -0.2) is 13.7 Å². The van der Waals surface area contributed by atoms with Gasteiger partial charge >= 0.3 is 0 Å². The minimum atomic E-state index is -3.50. The van der Waals surface area contributed by atoms with Crippen LogP contribution in [0.2, 0.25) is 0 Å². The molecule has 0 aromatic carbocycles. The Balaban J connectivity index is 2.84. The van der Waals surface area contributed by atoms with E-state index in [1.165, 1.54) is 0 Å². The highest BCUT2D eigenvalue weighted by Gasteiger charge is 2.27. The zero-order valence-corrected chi connectivity index (χ0v) is 10.9. The summed E-state index contributed by atoms with van der Waals surface area (Å²) in [6.45, 7) is 5.52. The first-order valence-electron chi connectivity index (χ1n) is 5.10. The van der Waals surface area contributed by atoms with Gasteiger partial charge in [0.2, 0.25) is 10.0 Å². The first-order chi connectivity index (χ1) is 7.45. The topological polar surface area (TPSA) is 60.2 Å². The van der Waals surface area contributed by atoms with Gasteiger partial charge in [-0.05, 0) is 23.8 Å². The fourth-order valence-corrected chi connectivity index (χ4v) is 3.72. The molecule has 2 atom stereocenters. The molecule has 0 aliphatic rings. The molecule has 0 unspecified atom stereocenters. The van der Waals surface area contributed by atoms with Gasteiger partial charge in [-0.3, -0.25) is 0 Å². The summed E-state index contributed by atoms with van der Waals surface area (Å²) < 4.78 is 23.0. The normalized spacial score (nSPS) is 15.6. The molecule has 16 heavy (non-hydrogen) atoms. The van der Waals surface area contributed by atoms with Gasteiger partial charge in [-0.2, -0.15) is 0 Å². The summed E-state index contributed by atoms with van der Waals surface area (Å²) >= 11 is 1.56. The van der Waals surface area contributed by atoms with E-state index in [0.717, 1.165) is 4.88 Å². The molecule has 1 heterocycles. The van der Waals surface area contributed by atoms with Gasteiger partial charge in [0.15, 0.2) is 0 Å². The summed E-state index contributed by atoms with van der Waals surface area (Å²) in [6, 6.07) is 3.85. The number of hydrogen-bond acceptors (Lipinski definition) is 3. The van der Waals surface area contributed by atoms with Crippen LogP contribution in [0.4, 0.5) is 0 Å². The SMILES string of the molecule is C=CC[C@H](C)[C@@H](Cc1cccs1)S(N)(=O)=O. The van der Waals surface area contributed by atoms with E-state index in [2.05, 4.69) is 6.58 Å². The van der Waals surface area contributed by atoms with E-state index in [4.69, 9.17) is 5.14 Å². The van der Waals surface area contributed by atoms with Crippen molar-refractivity contribution in [2.45, 2.75) is 25.0 Å². The fourth-order valence-electron chi connectivity index (χ4n) is 1.68. The Hall–Kier alpha value is -0.650. The van der Waals surface area contributed by atoms with Crippen molar-refractivity contribution in [2.24, 2.45) is 11.1 Å². The summed E-state index contributed by atoms with van der Waals surface area (Å²) in [5, 5.41) is 6.68. The molecule has 0 saturated carbocycles. The van der Waals surface area contributed by atoms with Gasteiger partial charge in [-0.1, -0.05) is 19.1 Å². The summed E-state index contributed by atoms with van der Waals surface area (Å²) in [6.07, 6.45) is 2.88. The maximum absolute atomic E-state index is 11.5. The second kappa shape index (κ2) is 5.61. The van der Waals surface area contributed by atoms with Gasteiger partial charge < -0.3 is 0 Å². The molecule has 0 bridgehead atoms. The highest BCUT2D eigenvalue weighted by Crippen LogP contribution is 2.21. The summed E-state index contributed by atoms with van der Waals surface area (Å²) in [4.78, 5) is 1.05. The molecule has 0 aliphatic carbocycles. The highest BCUT2D eigenvalue weighted by atomic mass is 32.2. The Kier molecular flexibility index (Phi) is 4.70. The third-order valence-electron chi connectivity index (χ3n) is 2.58. The molecular formula is C11H17NO2S2. The molecule has 0 radical (unpaired) electrons. The smallest absolute Gasteiger partial charge is 0.212 e. The average molecular weight is 259 g/mol. The van der Waals surface area contributed by atoms with Gasteiger partial charge in [0.25, 0.3) is 0 Å². The standard InChI is InChI=1S/C11H17NO2S2/c1-3-5-9(2)11(16(12,13)14)8-10-6-4-7-15-10/h3-4,6-7,9,11H,1,5,8H2,2H3,(H2,12,13,14)/t9-,11+/m0/s1. The van der Waals surface area contributed by atoms with Gasteiger partial charge in [0.05, 0.1) is 5.25 Å². The average Bonchev–Trinajstić information content (AvgIpc) is 2.64. The first kappa shape index (κ1) is 13.4. The molecule has 0 spiro atoms. The molecular weight excluding hydrogens is 242 g/mol. The third-order valence-corrected chi connectivity index (χ3v) is 4.95. The van der Waals surface area contributed by atoms with Crippen molar-refractivity contribution in [1.82, 2.24) is 0 Å². The van der Waals surface area contributed by atoms with E-state index in [0.29, 0.717) is 12.8 Å². The Bertz CT molecular complexity index is 423. The zero-order valence-electron chi connectivity index (χ0n) is 9.30. The maximum Gasteiger partial charge on any atom is 0.212 e. The lowest BCUT2D eigenvalue weighted by molar-refractivity contribution is 0.507. The van der Waals surface area contributed by atoms with Crippen LogP contribution in [0.5, 0.6) is 0 Å². The second-order valence-electron chi connectivity index (χ2n) is 3.91. The van der Waals surface area contributed by atoms with Crippen LogP contribution < -0.4 is 5.14 Å². The van der Waals surface area contributed by atoms with E-state index in [1.54, 1.807) is 17.4 Å². The summed E-state index contributed by atoms with van der Waals surface area (Å²) in [5.41, 5.74) is 0. The number of allylic oxidation sites excluding steroid dienone is 1. The quantitative estimate of drug-likeness (QED) is 0.796. The number of nitrogens with two attached hydrogens (primary N) is 1. The molecule has 0 saturated heterocycles. The number of rotatable bonds is 6. The van der Waals surface area contributed by atoms with Crippen LogP contribution in [0.25, 0.3) is 0 Å². The predicted octanol–water partition coefficient (Wildman–Crippen LogP) is 2.16. The lowest BCUT2D eigenvalue weighted by Gasteiger charge is -2.20. The van der Waals surface area contributed by atoms with Gasteiger partial charge in [0, 0.05) is 11.3 Å². The molecule has 2 N–H and O–H groups in total. The van der Waals surface area contributed by atoms with Crippen molar-refractivity contribution in [3.63, 3.8) is 0 Å². The molecule has 90 valence electrons. The van der Waals surface area contributed by atoms with Crippen molar-refractivity contribution in [3.8, 4) is 0 Å². The van der Waals surface area contributed by atoms with Crippen molar-refractivity contribution in [3.05, 3.63) is 35.0 Å². The minimum absolute atomic E-state index is 0.00500. The van der Waals surface area contributed by atoms with Crippen LogP contribution >= 0.6 is 11.3 Å². The molecule has 0 amide bonds. The zero-order chi connectivity index (χ0) is 12.2. The second-order valence-corrected chi connectivity index (χ2v) is 6.73. The van der Waals surface area contributed by atoms with E-state index < -0.39 is 15.3 Å². The highest BCUT2D eigenvalue weighted by molar-refractivity contribution is 7.89. The van der Waals surface area contributed by atoms with Gasteiger partial charge in [0.1, 0.15) is 0 Å². The van der Waals surface area contributed by atoms with Crippen molar-refractivity contribution in [2.75, 3.05) is 0 Å². The fraction of sp³-hybridized carbons (Fsp3) is 0.455. The lowest BCUT2D eigenvalue weighted by Crippen LogP contribution is -2.35. The molecule has 1 rings (SSSR count). The van der Waals surface area contributed by atoms with Crippen molar-refractivity contribution in [1.29, 1.82) is 0 Å². The monoisotopic (exact) mass is 259 g/mol. The Morgan fingerprint density at radius 1 is 1.62 bits per heavy atom. The first-order valence-corrected chi connectivity index (χ1v) is 7.59. The molecule has 1 aromatic rings. The van der Waals surface area contributed by atoms with Crippen LogP contribution in [0.3, 0.4) is 0 Å². The van der Waals surface area contributed by atoms with E-state index >= 15 is 0 Å². The predicted molar refractivity (Wildman–Crippen MR) is 68.9 cm³/mol. The lowest BCUT2D eigenvalue weighted by atomic mass is 10.0. The maximum atomic E-state index is 11.5. The van der Waals surface area contributed by atoms with E-state index in [-0.39, 0.29) is 5.92 Å². The Labute approximate surface area is 101 Å². The van der Waals surface area contributed by atoms with Crippen LogP contribution in [-0.2, 0) is 16.4 Å². The number of primary sulfonamides is 1.